The lowest BCUT2D eigenvalue weighted by Crippen LogP contribution is -3.07. The van der Waals surface area contributed by atoms with Crippen LogP contribution in [-0.4, -0.2) is 58.3 Å². The fourth-order valence-electron chi connectivity index (χ4n) is 3.61. The summed E-state index contributed by atoms with van der Waals surface area (Å²) in [6.45, 7) is 7.59. The van der Waals surface area contributed by atoms with Gasteiger partial charge in [0, 0.05) is 6.54 Å². The number of quaternary nitrogens is 1. The Balaban J connectivity index is 0.00000105. The molecule has 0 aromatic carbocycles. The predicted molar refractivity (Wildman–Crippen MR) is 115 cm³/mol. The molecule has 170 valence electrons. The molecule has 0 bridgehead atoms. The second kappa shape index (κ2) is 18.8. The van der Waals surface area contributed by atoms with E-state index in [0.29, 0.717) is 0 Å². The minimum Gasteiger partial charge on any atom is -0.726 e. The summed E-state index contributed by atoms with van der Waals surface area (Å²) < 4.78 is 31.0. The average molecular weight is 423 g/mol. The molecule has 1 aliphatic rings. The molecule has 0 aromatic heterocycles. The number of nitrogens with one attached hydrogen (secondary N) is 1. The van der Waals surface area contributed by atoms with E-state index in [1.807, 2.05) is 0 Å². The lowest BCUT2D eigenvalue weighted by molar-refractivity contribution is -0.871. The smallest absolute Gasteiger partial charge is 0.217 e. The van der Waals surface area contributed by atoms with E-state index < -0.39 is 10.4 Å². The molecule has 1 atom stereocenters. The highest BCUT2D eigenvalue weighted by Gasteiger charge is 2.18. The lowest BCUT2D eigenvalue weighted by Gasteiger charge is -2.12. The highest BCUT2D eigenvalue weighted by molar-refractivity contribution is 7.80. The maximum atomic E-state index is 9.22. The van der Waals surface area contributed by atoms with Gasteiger partial charge in [0.2, 0.25) is 10.4 Å². The Kier molecular flexibility index (Phi) is 18.7. The molecule has 1 unspecified atom stereocenters. The molecule has 1 rings (SSSR count). The van der Waals surface area contributed by atoms with Crippen LogP contribution in [0.5, 0.6) is 0 Å². The van der Waals surface area contributed by atoms with Crippen LogP contribution in [0.3, 0.4) is 0 Å². The topological polar surface area (TPSA) is 74.1 Å². The number of rotatable bonds is 16. The molecule has 7 heteroatoms. The van der Waals surface area contributed by atoms with Gasteiger partial charge in [-0.25, -0.2) is 8.42 Å². The van der Waals surface area contributed by atoms with Gasteiger partial charge in [0.1, 0.15) is 6.67 Å². The second-order valence-electron chi connectivity index (χ2n) is 8.15. The maximum Gasteiger partial charge on any atom is 0.217 e. The second-order valence-corrected chi connectivity index (χ2v) is 9.30. The Labute approximate surface area is 175 Å². The van der Waals surface area contributed by atoms with Gasteiger partial charge >= 0.3 is 0 Å². The fourth-order valence-corrected chi connectivity index (χ4v) is 3.61. The Morgan fingerprint density at radius 3 is 1.57 bits per heavy atom. The molecule has 1 heterocycles. The van der Waals surface area contributed by atoms with Crippen molar-refractivity contribution in [3.05, 3.63) is 0 Å². The van der Waals surface area contributed by atoms with Gasteiger partial charge < -0.3 is 9.45 Å². The van der Waals surface area contributed by atoms with Gasteiger partial charge in [0.05, 0.1) is 27.2 Å². The van der Waals surface area contributed by atoms with Crippen molar-refractivity contribution in [3.8, 4) is 0 Å². The summed E-state index contributed by atoms with van der Waals surface area (Å²) in [5.74, 6) is 0. The van der Waals surface area contributed by atoms with Crippen LogP contribution in [0.2, 0.25) is 0 Å². The largest absolute Gasteiger partial charge is 0.726 e. The molecular formula is C21H46N2O4S. The highest BCUT2D eigenvalue weighted by Crippen LogP contribution is 2.13. The minimum absolute atomic E-state index is 0.808. The van der Waals surface area contributed by atoms with Crippen LogP contribution >= 0.6 is 0 Å². The van der Waals surface area contributed by atoms with Crippen molar-refractivity contribution in [2.75, 3.05) is 40.5 Å². The molecule has 28 heavy (non-hydrogen) atoms. The molecule has 0 aliphatic carbocycles. The van der Waals surface area contributed by atoms with Gasteiger partial charge in [-0.3, -0.25) is 9.08 Å². The molecule has 0 aromatic rings. The zero-order valence-corrected chi connectivity index (χ0v) is 19.5. The number of nitrogens with zero attached hydrogens (tertiary/aromatic N) is 1. The Morgan fingerprint density at radius 2 is 1.25 bits per heavy atom. The monoisotopic (exact) mass is 422 g/mol. The number of likely N-dealkylation sites (N-methyl/N-ethyl adjacent to an activating group) is 1. The Morgan fingerprint density at radius 1 is 0.857 bits per heavy atom. The van der Waals surface area contributed by atoms with E-state index in [4.69, 9.17) is 0 Å². The van der Waals surface area contributed by atoms with Crippen molar-refractivity contribution < 1.29 is 22.1 Å². The van der Waals surface area contributed by atoms with Crippen molar-refractivity contribution >= 4 is 10.4 Å². The summed E-state index contributed by atoms with van der Waals surface area (Å²) in [6, 6.07) is 0. The van der Waals surface area contributed by atoms with E-state index in [9.17, 15) is 13.0 Å². The first-order chi connectivity index (χ1) is 13.4. The van der Waals surface area contributed by atoms with Crippen LogP contribution in [0.4, 0.5) is 0 Å². The van der Waals surface area contributed by atoms with Crippen LogP contribution in [0.25, 0.3) is 0 Å². The van der Waals surface area contributed by atoms with E-state index in [2.05, 4.69) is 23.1 Å². The third-order valence-corrected chi connectivity index (χ3v) is 5.79. The molecule has 1 saturated heterocycles. The molecule has 1 fully saturated rings. The van der Waals surface area contributed by atoms with E-state index in [1.165, 1.54) is 116 Å². The quantitative estimate of drug-likeness (QED) is 0.235. The summed E-state index contributed by atoms with van der Waals surface area (Å²) in [5, 5.41) is 0. The summed E-state index contributed by atoms with van der Waals surface area (Å²) in [7, 11) is -1.29. The van der Waals surface area contributed by atoms with E-state index >= 15 is 0 Å². The van der Waals surface area contributed by atoms with Crippen molar-refractivity contribution in [1.29, 1.82) is 0 Å². The first kappa shape index (κ1) is 27.8. The van der Waals surface area contributed by atoms with Crippen LogP contribution in [0.1, 0.15) is 96.8 Å². The van der Waals surface area contributed by atoms with Gasteiger partial charge in [0.15, 0.2) is 0 Å². The summed E-state index contributed by atoms with van der Waals surface area (Å²) in [6.07, 6.45) is 20.4. The molecule has 6 nitrogen and oxygen atoms in total. The molecule has 0 spiro atoms. The van der Waals surface area contributed by atoms with Gasteiger partial charge in [-0.1, -0.05) is 90.4 Å². The van der Waals surface area contributed by atoms with Crippen molar-refractivity contribution in [3.63, 3.8) is 0 Å². The molecule has 1 aliphatic heterocycles. The van der Waals surface area contributed by atoms with Crippen LogP contribution in [0, 0.1) is 0 Å². The number of hydrogen-bond acceptors (Lipinski definition) is 5. The van der Waals surface area contributed by atoms with Gasteiger partial charge in [-0.05, 0) is 6.42 Å². The summed E-state index contributed by atoms with van der Waals surface area (Å²) in [4.78, 5) is 4.32. The van der Waals surface area contributed by atoms with Crippen LogP contribution in [0.15, 0.2) is 0 Å². The average Bonchev–Trinajstić information content (AvgIpc) is 3.07. The van der Waals surface area contributed by atoms with E-state index in [0.717, 1.165) is 7.11 Å². The van der Waals surface area contributed by atoms with Crippen LogP contribution < -0.4 is 4.90 Å². The molecule has 1 N–H and O–H groups in total. The van der Waals surface area contributed by atoms with Crippen molar-refractivity contribution in [2.24, 2.45) is 0 Å². The molecule has 0 radical (unpaired) electrons. The zero-order valence-electron chi connectivity index (χ0n) is 18.7. The highest BCUT2D eigenvalue weighted by atomic mass is 32.3. The normalized spacial score (nSPS) is 17.5. The predicted octanol–water partition coefficient (Wildman–Crippen LogP) is 3.35. The van der Waals surface area contributed by atoms with Crippen LogP contribution in [-0.2, 0) is 14.6 Å². The third kappa shape index (κ3) is 20.5. The summed E-state index contributed by atoms with van der Waals surface area (Å²) >= 11 is 0. The van der Waals surface area contributed by atoms with Gasteiger partial charge in [-0.2, -0.15) is 0 Å². The SMILES string of the molecule is CCCCCCCCCCCCCCCCN1CC[NH+](C)C1.COS(=O)(=O)[O-]. The van der Waals surface area contributed by atoms with E-state index in [1.54, 1.807) is 4.90 Å². The maximum absolute atomic E-state index is 9.22. The zero-order chi connectivity index (χ0) is 21.1. The van der Waals surface area contributed by atoms with Gasteiger partial charge in [0.25, 0.3) is 0 Å². The molecular weight excluding hydrogens is 376 g/mol. The minimum atomic E-state index is -4.41. The summed E-state index contributed by atoms with van der Waals surface area (Å²) in [5.41, 5.74) is 0. The van der Waals surface area contributed by atoms with E-state index in [-0.39, 0.29) is 0 Å². The number of unbranched alkanes of at least 4 members (excludes halogenated alkanes) is 13. The van der Waals surface area contributed by atoms with Crippen molar-refractivity contribution in [1.82, 2.24) is 4.90 Å². The molecule has 0 amide bonds. The standard InChI is InChI=1S/C20H42N2.CH4O4S/c1-3-4-5-6-7-8-9-10-11-12-13-14-15-16-17-22-19-18-21(2)20-22;1-5-6(2,3)4/h3-20H2,1-2H3;1H3,(H,2,3,4). The molecule has 0 saturated carbocycles. The third-order valence-electron chi connectivity index (χ3n) is 5.38. The Bertz CT molecular complexity index is 432. The Hall–Kier alpha value is -0.210. The first-order valence-corrected chi connectivity index (χ1v) is 12.8. The lowest BCUT2D eigenvalue weighted by atomic mass is 10.0. The first-order valence-electron chi connectivity index (χ1n) is 11.4. The fraction of sp³-hybridized carbons (Fsp3) is 1.00. The number of hydrogen-bond donors (Lipinski definition) is 1. The van der Waals surface area contributed by atoms with Gasteiger partial charge in [-0.15, -0.1) is 0 Å². The van der Waals surface area contributed by atoms with Crippen molar-refractivity contribution in [2.45, 2.75) is 96.8 Å².